The summed E-state index contributed by atoms with van der Waals surface area (Å²) in [6.07, 6.45) is 5.03. The maximum Gasteiger partial charge on any atom is 0.0640 e. The van der Waals surface area contributed by atoms with Crippen LogP contribution in [0.5, 0.6) is 0 Å². The minimum absolute atomic E-state index is 0.0637. The first-order valence-corrected chi connectivity index (χ1v) is 4.64. The molecule has 64 valence electrons. The van der Waals surface area contributed by atoms with E-state index in [9.17, 15) is 5.11 Å². The van der Waals surface area contributed by atoms with Crippen molar-refractivity contribution in [1.82, 2.24) is 0 Å². The van der Waals surface area contributed by atoms with E-state index in [-0.39, 0.29) is 6.10 Å². The molecule has 11 heavy (non-hydrogen) atoms. The van der Waals surface area contributed by atoms with Gasteiger partial charge < -0.3 is 9.84 Å². The van der Waals surface area contributed by atoms with Gasteiger partial charge in [0.05, 0.1) is 19.3 Å². The Hall–Kier alpha value is -0.0800. The zero-order valence-electron chi connectivity index (χ0n) is 6.83. The SMILES string of the molecule is OC(C1CCCC1)C1COC1. The fraction of sp³-hybridized carbons (Fsp3) is 1.00. The Labute approximate surface area is 67.6 Å². The van der Waals surface area contributed by atoms with Gasteiger partial charge >= 0.3 is 0 Å². The topological polar surface area (TPSA) is 29.5 Å². The largest absolute Gasteiger partial charge is 0.392 e. The van der Waals surface area contributed by atoms with Gasteiger partial charge in [-0.2, -0.15) is 0 Å². The smallest absolute Gasteiger partial charge is 0.0640 e. The lowest BCUT2D eigenvalue weighted by Gasteiger charge is -2.33. The first kappa shape index (κ1) is 7.56. The van der Waals surface area contributed by atoms with Gasteiger partial charge in [-0.3, -0.25) is 0 Å². The molecule has 1 aliphatic heterocycles. The molecule has 0 bridgehead atoms. The van der Waals surface area contributed by atoms with E-state index in [1.165, 1.54) is 25.7 Å². The molecule has 0 spiro atoms. The molecule has 1 unspecified atom stereocenters. The Morgan fingerprint density at radius 2 is 1.73 bits per heavy atom. The fourth-order valence-corrected chi connectivity index (χ4v) is 2.13. The predicted molar refractivity (Wildman–Crippen MR) is 42.3 cm³/mol. The molecule has 0 amide bonds. The highest BCUT2D eigenvalue weighted by Crippen LogP contribution is 2.32. The van der Waals surface area contributed by atoms with E-state index in [2.05, 4.69) is 0 Å². The molecular formula is C9H16O2. The van der Waals surface area contributed by atoms with Crippen molar-refractivity contribution in [1.29, 1.82) is 0 Å². The van der Waals surface area contributed by atoms with Crippen molar-refractivity contribution < 1.29 is 9.84 Å². The van der Waals surface area contributed by atoms with Gasteiger partial charge in [-0.05, 0) is 18.8 Å². The molecule has 0 radical (unpaired) electrons. The lowest BCUT2D eigenvalue weighted by Crippen LogP contribution is -2.41. The van der Waals surface area contributed by atoms with Crippen LogP contribution in [0.4, 0.5) is 0 Å². The molecule has 1 saturated carbocycles. The van der Waals surface area contributed by atoms with Crippen LogP contribution in [-0.2, 0) is 4.74 Å². The normalized spacial score (nSPS) is 30.3. The first-order valence-electron chi connectivity index (χ1n) is 4.64. The van der Waals surface area contributed by atoms with E-state index in [1.807, 2.05) is 0 Å². The molecular weight excluding hydrogens is 140 g/mol. The number of hydrogen-bond donors (Lipinski definition) is 1. The number of hydrogen-bond acceptors (Lipinski definition) is 2. The lowest BCUT2D eigenvalue weighted by atomic mass is 9.89. The van der Waals surface area contributed by atoms with Crippen molar-refractivity contribution in [3.8, 4) is 0 Å². The summed E-state index contributed by atoms with van der Waals surface area (Å²) in [4.78, 5) is 0. The van der Waals surface area contributed by atoms with Crippen LogP contribution in [0.1, 0.15) is 25.7 Å². The van der Waals surface area contributed by atoms with Crippen molar-refractivity contribution in [2.75, 3.05) is 13.2 Å². The van der Waals surface area contributed by atoms with Crippen molar-refractivity contribution in [2.45, 2.75) is 31.8 Å². The third-order valence-corrected chi connectivity index (χ3v) is 3.03. The molecule has 0 aromatic heterocycles. The summed E-state index contributed by atoms with van der Waals surface area (Å²) in [6.45, 7) is 1.58. The average Bonchev–Trinajstić information content (AvgIpc) is 2.32. The molecule has 2 rings (SSSR count). The van der Waals surface area contributed by atoms with Crippen LogP contribution in [0.25, 0.3) is 0 Å². The van der Waals surface area contributed by atoms with Crippen LogP contribution >= 0.6 is 0 Å². The van der Waals surface area contributed by atoms with Gasteiger partial charge in [-0.25, -0.2) is 0 Å². The summed E-state index contributed by atoms with van der Waals surface area (Å²) in [5.41, 5.74) is 0. The predicted octanol–water partition coefficient (Wildman–Crippen LogP) is 1.18. The Morgan fingerprint density at radius 1 is 1.09 bits per heavy atom. The van der Waals surface area contributed by atoms with Gasteiger partial charge in [-0.15, -0.1) is 0 Å². The fourth-order valence-electron chi connectivity index (χ4n) is 2.13. The molecule has 0 aromatic carbocycles. The third kappa shape index (κ3) is 1.42. The molecule has 0 aromatic rings. The molecule has 2 heteroatoms. The molecule has 1 aliphatic carbocycles. The summed E-state index contributed by atoms with van der Waals surface area (Å²) in [7, 11) is 0. The number of rotatable bonds is 2. The van der Waals surface area contributed by atoms with Crippen LogP contribution in [0.15, 0.2) is 0 Å². The van der Waals surface area contributed by atoms with E-state index < -0.39 is 0 Å². The minimum atomic E-state index is -0.0637. The molecule has 1 atom stereocenters. The highest BCUT2D eigenvalue weighted by Gasteiger charge is 2.33. The molecule has 2 aliphatic rings. The van der Waals surface area contributed by atoms with Crippen LogP contribution in [0.3, 0.4) is 0 Å². The molecule has 1 heterocycles. The van der Waals surface area contributed by atoms with E-state index in [0.29, 0.717) is 11.8 Å². The third-order valence-electron chi connectivity index (χ3n) is 3.03. The second-order valence-electron chi connectivity index (χ2n) is 3.83. The van der Waals surface area contributed by atoms with Gasteiger partial charge in [0.25, 0.3) is 0 Å². The monoisotopic (exact) mass is 156 g/mol. The highest BCUT2D eigenvalue weighted by atomic mass is 16.5. The second kappa shape index (κ2) is 3.11. The van der Waals surface area contributed by atoms with Gasteiger partial charge in [-0.1, -0.05) is 12.8 Å². The van der Waals surface area contributed by atoms with Gasteiger partial charge in [0.15, 0.2) is 0 Å². The average molecular weight is 156 g/mol. The molecule has 2 nitrogen and oxygen atoms in total. The summed E-state index contributed by atoms with van der Waals surface area (Å²) >= 11 is 0. The van der Waals surface area contributed by atoms with E-state index in [0.717, 1.165) is 13.2 Å². The van der Waals surface area contributed by atoms with Crippen molar-refractivity contribution in [3.63, 3.8) is 0 Å². The highest BCUT2D eigenvalue weighted by molar-refractivity contribution is 4.82. The van der Waals surface area contributed by atoms with Gasteiger partial charge in [0.2, 0.25) is 0 Å². The number of aliphatic hydroxyl groups excluding tert-OH is 1. The maximum atomic E-state index is 9.79. The summed E-state index contributed by atoms with van der Waals surface area (Å²) in [5, 5.41) is 9.79. The van der Waals surface area contributed by atoms with E-state index in [1.54, 1.807) is 0 Å². The van der Waals surface area contributed by atoms with E-state index in [4.69, 9.17) is 4.74 Å². The zero-order valence-corrected chi connectivity index (χ0v) is 6.83. The Balaban J connectivity index is 1.82. The van der Waals surface area contributed by atoms with Crippen LogP contribution in [0, 0.1) is 11.8 Å². The van der Waals surface area contributed by atoms with Gasteiger partial charge in [0, 0.05) is 5.92 Å². The molecule has 1 saturated heterocycles. The van der Waals surface area contributed by atoms with Crippen LogP contribution < -0.4 is 0 Å². The Kier molecular flexibility index (Phi) is 2.14. The van der Waals surface area contributed by atoms with E-state index >= 15 is 0 Å². The standard InChI is InChI=1S/C9H16O2/c10-9(8-5-11-6-8)7-3-1-2-4-7/h7-10H,1-6H2. The number of aliphatic hydroxyl groups is 1. The van der Waals surface area contributed by atoms with Crippen molar-refractivity contribution >= 4 is 0 Å². The first-order chi connectivity index (χ1) is 5.38. The summed E-state index contributed by atoms with van der Waals surface area (Å²) < 4.78 is 5.06. The van der Waals surface area contributed by atoms with Crippen molar-refractivity contribution in [2.24, 2.45) is 11.8 Å². The lowest BCUT2D eigenvalue weighted by molar-refractivity contribution is -0.107. The summed E-state index contributed by atoms with van der Waals surface area (Å²) in [5.74, 6) is 1.04. The van der Waals surface area contributed by atoms with Crippen LogP contribution in [0.2, 0.25) is 0 Å². The Bertz CT molecular complexity index is 126. The quantitative estimate of drug-likeness (QED) is 0.650. The van der Waals surface area contributed by atoms with Gasteiger partial charge in [0.1, 0.15) is 0 Å². The van der Waals surface area contributed by atoms with Crippen LogP contribution in [-0.4, -0.2) is 24.4 Å². The zero-order chi connectivity index (χ0) is 7.68. The Morgan fingerprint density at radius 3 is 2.18 bits per heavy atom. The second-order valence-corrected chi connectivity index (χ2v) is 3.83. The summed E-state index contributed by atoms with van der Waals surface area (Å²) in [6, 6.07) is 0. The maximum absolute atomic E-state index is 9.79. The number of ether oxygens (including phenoxy) is 1. The molecule has 2 fully saturated rings. The minimum Gasteiger partial charge on any atom is -0.392 e. The molecule has 1 N–H and O–H groups in total. The van der Waals surface area contributed by atoms with Crippen molar-refractivity contribution in [3.05, 3.63) is 0 Å².